The lowest BCUT2D eigenvalue weighted by molar-refractivity contribution is 0.0353. The van der Waals surface area contributed by atoms with Crippen LogP contribution in [0, 0.1) is 0 Å². The van der Waals surface area contributed by atoms with Crippen LogP contribution in [-0.4, -0.2) is 55.1 Å². The Balaban J connectivity index is 1.53. The first-order chi connectivity index (χ1) is 15.7. The zero-order chi connectivity index (χ0) is 22.1. The summed E-state index contributed by atoms with van der Waals surface area (Å²) in [6, 6.07) is 15.0. The molecular formula is C26H28N2O4. The summed E-state index contributed by atoms with van der Waals surface area (Å²) in [4.78, 5) is 31.2. The first-order valence-electron chi connectivity index (χ1n) is 11.4. The number of ether oxygens (including phenoxy) is 1. The Morgan fingerprint density at radius 1 is 1.00 bits per heavy atom. The first-order valence-corrected chi connectivity index (χ1v) is 11.4. The van der Waals surface area contributed by atoms with E-state index < -0.39 is 6.04 Å². The Hall–Kier alpha value is -2.96. The summed E-state index contributed by atoms with van der Waals surface area (Å²) in [5.41, 5.74) is 2.85. The van der Waals surface area contributed by atoms with Gasteiger partial charge in [-0.05, 0) is 36.1 Å². The zero-order valence-corrected chi connectivity index (χ0v) is 18.4. The SMILES string of the molecule is CCc1ccc2oc3c(c(=O)c2c1)C(c1ccccc1)N(CCCN1CCOCC1)C3=O. The third kappa shape index (κ3) is 3.74. The molecule has 1 aromatic heterocycles. The van der Waals surface area contributed by atoms with Gasteiger partial charge in [-0.1, -0.05) is 43.3 Å². The fraction of sp³-hybridized carbons (Fsp3) is 0.385. The highest BCUT2D eigenvalue weighted by Crippen LogP contribution is 2.38. The van der Waals surface area contributed by atoms with E-state index in [4.69, 9.17) is 9.15 Å². The maximum Gasteiger partial charge on any atom is 0.290 e. The van der Waals surface area contributed by atoms with E-state index >= 15 is 0 Å². The molecule has 2 aliphatic rings. The van der Waals surface area contributed by atoms with E-state index in [1.807, 2.05) is 53.4 Å². The molecule has 1 fully saturated rings. The van der Waals surface area contributed by atoms with Crippen LogP contribution in [0.15, 0.2) is 57.7 Å². The zero-order valence-electron chi connectivity index (χ0n) is 18.4. The number of aryl methyl sites for hydroxylation is 1. The number of hydrogen-bond donors (Lipinski definition) is 0. The molecule has 0 N–H and O–H groups in total. The predicted molar refractivity (Wildman–Crippen MR) is 123 cm³/mol. The monoisotopic (exact) mass is 432 g/mol. The van der Waals surface area contributed by atoms with E-state index in [1.165, 1.54) is 0 Å². The van der Waals surface area contributed by atoms with Crippen LogP contribution in [0.25, 0.3) is 11.0 Å². The molecule has 6 heteroatoms. The maximum atomic E-state index is 13.6. The molecule has 6 nitrogen and oxygen atoms in total. The van der Waals surface area contributed by atoms with Crippen LogP contribution in [0.4, 0.5) is 0 Å². The van der Waals surface area contributed by atoms with Crippen LogP contribution in [0.5, 0.6) is 0 Å². The van der Waals surface area contributed by atoms with Gasteiger partial charge in [0, 0.05) is 26.2 Å². The van der Waals surface area contributed by atoms with Crippen molar-refractivity contribution in [1.29, 1.82) is 0 Å². The van der Waals surface area contributed by atoms with Crippen molar-refractivity contribution in [1.82, 2.24) is 9.80 Å². The summed E-state index contributed by atoms with van der Waals surface area (Å²) >= 11 is 0. The van der Waals surface area contributed by atoms with Crippen LogP contribution in [0.3, 0.4) is 0 Å². The van der Waals surface area contributed by atoms with Crippen LogP contribution < -0.4 is 5.43 Å². The first kappa shape index (κ1) is 20.9. The smallest absolute Gasteiger partial charge is 0.290 e. The molecule has 0 aliphatic carbocycles. The number of rotatable bonds is 6. The van der Waals surface area contributed by atoms with Crippen LogP contribution >= 0.6 is 0 Å². The number of carbonyl (C=O) groups excluding carboxylic acids is 1. The highest BCUT2D eigenvalue weighted by atomic mass is 16.5. The summed E-state index contributed by atoms with van der Waals surface area (Å²) in [5.74, 6) is -0.0126. The molecular weight excluding hydrogens is 404 g/mol. The van der Waals surface area contributed by atoms with E-state index in [0.29, 0.717) is 23.1 Å². The number of hydrogen-bond acceptors (Lipinski definition) is 5. The number of morpholine rings is 1. The highest BCUT2D eigenvalue weighted by molar-refractivity contribution is 5.99. The molecule has 2 aromatic carbocycles. The van der Waals surface area contributed by atoms with Gasteiger partial charge in [-0.25, -0.2) is 0 Å². The van der Waals surface area contributed by atoms with E-state index in [-0.39, 0.29) is 17.1 Å². The van der Waals surface area contributed by atoms with Crippen molar-refractivity contribution in [3.8, 4) is 0 Å². The van der Waals surface area contributed by atoms with E-state index in [1.54, 1.807) is 0 Å². The van der Waals surface area contributed by atoms with Crippen molar-refractivity contribution < 1.29 is 13.9 Å². The summed E-state index contributed by atoms with van der Waals surface area (Å²) in [6.45, 7) is 6.87. The van der Waals surface area contributed by atoms with Gasteiger partial charge in [-0.3, -0.25) is 14.5 Å². The largest absolute Gasteiger partial charge is 0.450 e. The van der Waals surface area contributed by atoms with Crippen molar-refractivity contribution in [2.45, 2.75) is 25.8 Å². The van der Waals surface area contributed by atoms with Gasteiger partial charge in [-0.15, -0.1) is 0 Å². The van der Waals surface area contributed by atoms with Crippen molar-refractivity contribution in [3.05, 3.63) is 81.2 Å². The summed E-state index contributed by atoms with van der Waals surface area (Å²) in [5, 5.41) is 0.548. The standard InChI is InChI=1S/C26H28N2O4/c1-2-18-9-10-21-20(17-18)24(29)22-23(19-7-4-3-5-8-19)28(26(30)25(22)32-21)12-6-11-27-13-15-31-16-14-27/h3-5,7-10,17,23H,2,6,11-16H2,1H3. The van der Waals surface area contributed by atoms with Gasteiger partial charge in [-0.2, -0.15) is 0 Å². The van der Waals surface area contributed by atoms with Gasteiger partial charge in [0.15, 0.2) is 5.43 Å². The maximum absolute atomic E-state index is 13.6. The molecule has 0 radical (unpaired) electrons. The van der Waals surface area contributed by atoms with Crippen molar-refractivity contribution in [2.24, 2.45) is 0 Å². The van der Waals surface area contributed by atoms with Gasteiger partial charge in [0.05, 0.1) is 30.2 Å². The van der Waals surface area contributed by atoms with Crippen molar-refractivity contribution in [2.75, 3.05) is 39.4 Å². The van der Waals surface area contributed by atoms with Crippen LogP contribution in [-0.2, 0) is 11.2 Å². The summed E-state index contributed by atoms with van der Waals surface area (Å²) in [6.07, 6.45) is 1.66. The topological polar surface area (TPSA) is 63.0 Å². The van der Waals surface area contributed by atoms with Gasteiger partial charge in [0.25, 0.3) is 5.91 Å². The molecule has 1 atom stereocenters. The number of amides is 1. The fourth-order valence-corrected chi connectivity index (χ4v) is 4.79. The average molecular weight is 433 g/mol. The molecule has 1 unspecified atom stereocenters. The Bertz CT molecular complexity index is 1180. The number of nitrogens with zero attached hydrogens (tertiary/aromatic N) is 2. The summed E-state index contributed by atoms with van der Waals surface area (Å²) < 4.78 is 11.5. The molecule has 2 aliphatic heterocycles. The van der Waals surface area contributed by atoms with E-state index in [9.17, 15) is 9.59 Å². The average Bonchev–Trinajstić information content (AvgIpc) is 3.12. The lowest BCUT2D eigenvalue weighted by atomic mass is 9.98. The minimum Gasteiger partial charge on any atom is -0.450 e. The Kier molecular flexibility index (Phi) is 5.81. The van der Waals surface area contributed by atoms with Gasteiger partial charge >= 0.3 is 0 Å². The lowest BCUT2D eigenvalue weighted by Gasteiger charge is -2.29. The third-order valence-electron chi connectivity index (χ3n) is 6.53. The van der Waals surface area contributed by atoms with Gasteiger partial charge in [0.2, 0.25) is 5.76 Å². The van der Waals surface area contributed by atoms with E-state index in [2.05, 4.69) is 11.8 Å². The minimum atomic E-state index is -0.422. The molecule has 3 heterocycles. The van der Waals surface area contributed by atoms with Crippen molar-refractivity contribution in [3.63, 3.8) is 0 Å². The predicted octanol–water partition coefficient (Wildman–Crippen LogP) is 3.62. The normalized spacial score (nSPS) is 19.0. The minimum absolute atomic E-state index is 0.102. The second-order valence-corrected chi connectivity index (χ2v) is 8.48. The Morgan fingerprint density at radius 2 is 1.78 bits per heavy atom. The van der Waals surface area contributed by atoms with Crippen molar-refractivity contribution >= 4 is 16.9 Å². The molecule has 166 valence electrons. The molecule has 1 amide bonds. The lowest BCUT2D eigenvalue weighted by Crippen LogP contribution is -2.38. The molecule has 32 heavy (non-hydrogen) atoms. The number of fused-ring (bicyclic) bond motifs is 2. The third-order valence-corrected chi connectivity index (χ3v) is 6.53. The van der Waals surface area contributed by atoms with Gasteiger partial charge in [0.1, 0.15) is 5.58 Å². The molecule has 0 spiro atoms. The van der Waals surface area contributed by atoms with Gasteiger partial charge < -0.3 is 14.1 Å². The highest BCUT2D eigenvalue weighted by Gasteiger charge is 2.42. The quantitative estimate of drug-likeness (QED) is 0.595. The molecule has 1 saturated heterocycles. The fourth-order valence-electron chi connectivity index (χ4n) is 4.79. The molecule has 5 rings (SSSR count). The number of carbonyl (C=O) groups is 1. The Morgan fingerprint density at radius 3 is 2.53 bits per heavy atom. The molecule has 0 saturated carbocycles. The summed E-state index contributed by atoms with van der Waals surface area (Å²) in [7, 11) is 0. The van der Waals surface area contributed by atoms with Crippen LogP contribution in [0.1, 0.15) is 46.6 Å². The Labute approximate surface area is 187 Å². The second-order valence-electron chi connectivity index (χ2n) is 8.48. The molecule has 0 bridgehead atoms. The van der Waals surface area contributed by atoms with Crippen LogP contribution in [0.2, 0.25) is 0 Å². The molecule has 3 aromatic rings. The second kappa shape index (κ2) is 8.88. The van der Waals surface area contributed by atoms with E-state index in [0.717, 1.165) is 56.8 Å². The number of benzene rings is 2.